The molecule has 30 heavy (non-hydrogen) atoms. The van der Waals surface area contributed by atoms with Crippen LogP contribution in [0.25, 0.3) is 10.8 Å². The third-order valence-electron chi connectivity index (χ3n) is 7.17. The van der Waals surface area contributed by atoms with E-state index in [1.54, 1.807) is 0 Å². The Kier molecular flexibility index (Phi) is 6.50. The Morgan fingerprint density at radius 1 is 1.00 bits per heavy atom. The minimum atomic E-state index is -0.0719. The number of ether oxygens (including phenoxy) is 2. The van der Waals surface area contributed by atoms with Crippen LogP contribution in [0.2, 0.25) is 0 Å². The highest BCUT2D eigenvalue weighted by Crippen LogP contribution is 2.35. The van der Waals surface area contributed by atoms with Gasteiger partial charge in [0.25, 0.3) is 0 Å². The van der Waals surface area contributed by atoms with E-state index in [0.29, 0.717) is 6.10 Å². The smallest absolute Gasteiger partial charge is 0.308 e. The normalized spacial score (nSPS) is 23.0. The maximum Gasteiger partial charge on any atom is 0.308 e. The molecule has 0 spiro atoms. The molecule has 1 aliphatic heterocycles. The number of nitrogens with zero attached hydrogens (tertiary/aromatic N) is 1. The summed E-state index contributed by atoms with van der Waals surface area (Å²) in [5.74, 6) is 2.61. The van der Waals surface area contributed by atoms with E-state index in [-0.39, 0.29) is 11.9 Å². The van der Waals surface area contributed by atoms with Crippen molar-refractivity contribution in [3.63, 3.8) is 0 Å². The van der Waals surface area contributed by atoms with Crippen molar-refractivity contribution in [1.82, 2.24) is 0 Å². The average Bonchev–Trinajstić information content (AvgIpc) is 2.79. The summed E-state index contributed by atoms with van der Waals surface area (Å²) < 4.78 is 11.4. The van der Waals surface area contributed by atoms with Gasteiger partial charge in [-0.1, -0.05) is 26.0 Å². The second kappa shape index (κ2) is 9.28. The Balaban J connectivity index is 1.43. The summed E-state index contributed by atoms with van der Waals surface area (Å²) in [4.78, 5) is 14.2. The third-order valence-corrected chi connectivity index (χ3v) is 7.17. The first kappa shape index (κ1) is 21.0. The predicted octanol–water partition coefficient (Wildman–Crippen LogP) is 5.82. The van der Waals surface area contributed by atoms with Gasteiger partial charge in [0.1, 0.15) is 5.75 Å². The van der Waals surface area contributed by atoms with Gasteiger partial charge in [0.2, 0.25) is 0 Å². The van der Waals surface area contributed by atoms with Crippen molar-refractivity contribution < 1.29 is 14.3 Å². The summed E-state index contributed by atoms with van der Waals surface area (Å²) in [6.07, 6.45) is 6.92. The standard InChI is InChI=1S/C26H35NO3/c1-18(2)19-7-10-23(11-8-19)30-25-6-4-5-21-17-22(9-12-24(21)25)27-15-13-20(14-16-27)26(28)29-3/h4-6,9,12,17-20,23H,7-8,10-11,13-16H2,1-3H3. The molecule has 1 saturated heterocycles. The van der Waals surface area contributed by atoms with E-state index in [0.717, 1.165) is 56.4 Å². The number of benzene rings is 2. The lowest BCUT2D eigenvalue weighted by atomic mass is 9.80. The zero-order valence-electron chi connectivity index (χ0n) is 18.6. The highest BCUT2D eigenvalue weighted by atomic mass is 16.5. The van der Waals surface area contributed by atoms with Gasteiger partial charge in [-0.15, -0.1) is 0 Å². The molecule has 162 valence electrons. The zero-order valence-corrected chi connectivity index (χ0v) is 18.6. The molecule has 1 saturated carbocycles. The van der Waals surface area contributed by atoms with Crippen LogP contribution in [0, 0.1) is 17.8 Å². The number of esters is 1. The Labute approximate surface area is 180 Å². The summed E-state index contributed by atoms with van der Waals surface area (Å²) in [6, 6.07) is 13.0. The molecule has 2 aromatic carbocycles. The second-order valence-corrected chi connectivity index (χ2v) is 9.34. The van der Waals surface area contributed by atoms with E-state index in [1.165, 1.54) is 36.4 Å². The predicted molar refractivity (Wildman–Crippen MR) is 122 cm³/mol. The number of carbonyl (C=O) groups is 1. The van der Waals surface area contributed by atoms with Crippen LogP contribution in [0.5, 0.6) is 5.75 Å². The van der Waals surface area contributed by atoms with E-state index in [9.17, 15) is 4.79 Å². The number of fused-ring (bicyclic) bond motifs is 1. The fourth-order valence-corrected chi connectivity index (χ4v) is 5.13. The lowest BCUT2D eigenvalue weighted by Gasteiger charge is -2.33. The topological polar surface area (TPSA) is 38.8 Å². The van der Waals surface area contributed by atoms with Gasteiger partial charge in [-0.05, 0) is 80.0 Å². The number of anilines is 1. The quantitative estimate of drug-likeness (QED) is 0.583. The Bertz CT molecular complexity index is 862. The molecule has 4 nitrogen and oxygen atoms in total. The molecule has 4 heteroatoms. The number of rotatable bonds is 5. The number of carbonyl (C=O) groups excluding carboxylic acids is 1. The van der Waals surface area contributed by atoms with Crippen LogP contribution < -0.4 is 9.64 Å². The molecule has 2 aromatic rings. The van der Waals surface area contributed by atoms with Gasteiger partial charge < -0.3 is 14.4 Å². The number of hydrogen-bond donors (Lipinski definition) is 0. The van der Waals surface area contributed by atoms with Crippen LogP contribution in [0.4, 0.5) is 5.69 Å². The van der Waals surface area contributed by atoms with Crippen molar-refractivity contribution in [2.75, 3.05) is 25.1 Å². The molecule has 0 atom stereocenters. The summed E-state index contributed by atoms with van der Waals surface area (Å²) in [5.41, 5.74) is 1.22. The lowest BCUT2D eigenvalue weighted by Crippen LogP contribution is -2.36. The van der Waals surface area contributed by atoms with Crippen molar-refractivity contribution in [1.29, 1.82) is 0 Å². The molecule has 0 unspecified atom stereocenters. The van der Waals surface area contributed by atoms with Crippen LogP contribution in [-0.2, 0) is 9.53 Å². The zero-order chi connectivity index (χ0) is 21.1. The van der Waals surface area contributed by atoms with Crippen LogP contribution in [0.15, 0.2) is 36.4 Å². The van der Waals surface area contributed by atoms with E-state index >= 15 is 0 Å². The van der Waals surface area contributed by atoms with Crippen LogP contribution in [-0.4, -0.2) is 32.3 Å². The van der Waals surface area contributed by atoms with Crippen molar-refractivity contribution in [2.45, 2.75) is 58.5 Å². The fraction of sp³-hybridized carbons (Fsp3) is 0.577. The molecular weight excluding hydrogens is 374 g/mol. The Morgan fingerprint density at radius 3 is 2.40 bits per heavy atom. The third kappa shape index (κ3) is 4.58. The molecule has 4 rings (SSSR count). The van der Waals surface area contributed by atoms with Crippen molar-refractivity contribution in [3.8, 4) is 5.75 Å². The van der Waals surface area contributed by atoms with Crippen LogP contribution >= 0.6 is 0 Å². The van der Waals surface area contributed by atoms with Gasteiger partial charge >= 0.3 is 5.97 Å². The molecule has 0 bridgehead atoms. The fourth-order valence-electron chi connectivity index (χ4n) is 5.13. The molecule has 1 aliphatic carbocycles. The monoisotopic (exact) mass is 409 g/mol. The van der Waals surface area contributed by atoms with Crippen molar-refractivity contribution >= 4 is 22.4 Å². The summed E-state index contributed by atoms with van der Waals surface area (Å²) in [5, 5.41) is 2.41. The van der Waals surface area contributed by atoms with Crippen molar-refractivity contribution in [2.24, 2.45) is 17.8 Å². The number of methoxy groups -OCH3 is 1. The second-order valence-electron chi connectivity index (χ2n) is 9.34. The van der Waals surface area contributed by atoms with Gasteiger partial charge in [-0.2, -0.15) is 0 Å². The first-order chi connectivity index (χ1) is 14.5. The molecule has 0 radical (unpaired) electrons. The summed E-state index contributed by atoms with van der Waals surface area (Å²) in [6.45, 7) is 6.46. The maximum absolute atomic E-state index is 11.8. The highest BCUT2D eigenvalue weighted by Gasteiger charge is 2.26. The van der Waals surface area contributed by atoms with Crippen molar-refractivity contribution in [3.05, 3.63) is 36.4 Å². The van der Waals surface area contributed by atoms with E-state index in [2.05, 4.69) is 55.1 Å². The van der Waals surface area contributed by atoms with Gasteiger partial charge in [0.15, 0.2) is 0 Å². The summed E-state index contributed by atoms with van der Waals surface area (Å²) >= 11 is 0. The van der Waals surface area contributed by atoms with Gasteiger partial charge in [-0.25, -0.2) is 0 Å². The largest absolute Gasteiger partial charge is 0.490 e. The molecular formula is C26H35NO3. The minimum Gasteiger partial charge on any atom is -0.490 e. The molecule has 0 amide bonds. The molecule has 1 heterocycles. The van der Waals surface area contributed by atoms with E-state index in [1.807, 2.05) is 0 Å². The molecule has 2 fully saturated rings. The SMILES string of the molecule is COC(=O)C1CCN(c2ccc3c(OC4CCC(C(C)C)CC4)cccc3c2)CC1. The molecule has 0 aromatic heterocycles. The van der Waals surface area contributed by atoms with E-state index < -0.39 is 0 Å². The van der Waals surface area contributed by atoms with Crippen LogP contribution in [0.1, 0.15) is 52.4 Å². The minimum absolute atomic E-state index is 0.0393. The maximum atomic E-state index is 11.8. The van der Waals surface area contributed by atoms with Gasteiger partial charge in [-0.3, -0.25) is 4.79 Å². The Hall–Kier alpha value is -2.23. The highest BCUT2D eigenvalue weighted by molar-refractivity contribution is 5.91. The van der Waals surface area contributed by atoms with E-state index in [4.69, 9.17) is 9.47 Å². The lowest BCUT2D eigenvalue weighted by molar-refractivity contribution is -0.146. The Morgan fingerprint density at radius 2 is 1.73 bits per heavy atom. The van der Waals surface area contributed by atoms with Crippen LogP contribution in [0.3, 0.4) is 0 Å². The first-order valence-electron chi connectivity index (χ1n) is 11.6. The average molecular weight is 410 g/mol. The molecule has 0 N–H and O–H groups in total. The summed E-state index contributed by atoms with van der Waals surface area (Å²) in [7, 11) is 1.48. The molecule has 2 aliphatic rings. The number of piperidine rings is 1. The first-order valence-corrected chi connectivity index (χ1v) is 11.6. The van der Waals surface area contributed by atoms with Gasteiger partial charge in [0, 0.05) is 24.2 Å². The van der Waals surface area contributed by atoms with Gasteiger partial charge in [0.05, 0.1) is 19.1 Å². The number of hydrogen-bond acceptors (Lipinski definition) is 4.